The smallest absolute Gasteiger partial charge is 0.406 e. The Morgan fingerprint density at radius 2 is 1.74 bits per heavy atom. The maximum atomic E-state index is 13.2. The summed E-state index contributed by atoms with van der Waals surface area (Å²) in [5, 5.41) is 6.72. The Morgan fingerprint density at radius 3 is 2.45 bits per heavy atom. The molecular formula is C30H27F3N6O3. The number of anilines is 3. The van der Waals surface area contributed by atoms with Crippen LogP contribution in [0, 0.1) is 0 Å². The number of benzene rings is 3. The highest BCUT2D eigenvalue weighted by Crippen LogP contribution is 2.36. The van der Waals surface area contributed by atoms with Crippen LogP contribution >= 0.6 is 0 Å². The first-order valence-corrected chi connectivity index (χ1v) is 13.4. The quantitative estimate of drug-likeness (QED) is 0.301. The minimum Gasteiger partial charge on any atom is -0.406 e. The topological polar surface area (TPSA) is 99.7 Å². The largest absolute Gasteiger partial charge is 0.573 e. The fourth-order valence-corrected chi connectivity index (χ4v) is 5.61. The number of hydrogen-bond acceptors (Lipinski definition) is 8. The van der Waals surface area contributed by atoms with Gasteiger partial charge in [0.15, 0.2) is 5.78 Å². The standard InChI is InChI=1S/C30H27F3N6O3/c31-30(32,33)42-23-9-7-21(8-10-23)37-27-24-11-6-20(16-25(24)34-18-35-27)26(40)17-38-14-12-29(13-15-38)28(41)36-19-39(29)22-4-2-1-3-5-22/h1-11,16,18H,12-15,17,19H2,(H,36,41)(H,34,35,37). The summed E-state index contributed by atoms with van der Waals surface area (Å²) in [7, 11) is 0. The Kier molecular flexibility index (Phi) is 7.15. The summed E-state index contributed by atoms with van der Waals surface area (Å²) in [5.41, 5.74) is 1.95. The lowest BCUT2D eigenvalue weighted by molar-refractivity contribution is -0.274. The van der Waals surface area contributed by atoms with Crippen molar-refractivity contribution in [3.05, 3.63) is 84.7 Å². The number of fused-ring (bicyclic) bond motifs is 1. The van der Waals surface area contributed by atoms with Gasteiger partial charge in [0.25, 0.3) is 0 Å². The fourth-order valence-electron chi connectivity index (χ4n) is 5.61. The second-order valence-electron chi connectivity index (χ2n) is 10.3. The summed E-state index contributed by atoms with van der Waals surface area (Å²) in [6, 6.07) is 20.4. The summed E-state index contributed by atoms with van der Waals surface area (Å²) in [6.45, 7) is 1.91. The Labute approximate surface area is 239 Å². The zero-order chi connectivity index (χ0) is 29.3. The number of likely N-dealkylation sites (tertiary alicyclic amines) is 1. The highest BCUT2D eigenvalue weighted by molar-refractivity contribution is 6.02. The van der Waals surface area contributed by atoms with Crippen LogP contribution < -0.4 is 20.3 Å². The van der Waals surface area contributed by atoms with Crippen LogP contribution in [-0.4, -0.2) is 64.8 Å². The molecule has 2 aliphatic heterocycles. The van der Waals surface area contributed by atoms with Gasteiger partial charge in [-0.05, 0) is 61.4 Å². The highest BCUT2D eigenvalue weighted by Gasteiger charge is 2.50. The number of ether oxygens (including phenoxy) is 1. The zero-order valence-corrected chi connectivity index (χ0v) is 22.4. The van der Waals surface area contributed by atoms with Crippen molar-refractivity contribution in [2.45, 2.75) is 24.7 Å². The molecule has 42 heavy (non-hydrogen) atoms. The van der Waals surface area contributed by atoms with Gasteiger partial charge in [-0.1, -0.05) is 24.3 Å². The number of para-hydroxylation sites is 1. The maximum absolute atomic E-state index is 13.2. The van der Waals surface area contributed by atoms with Crippen molar-refractivity contribution in [3.63, 3.8) is 0 Å². The predicted octanol–water partition coefficient (Wildman–Crippen LogP) is 4.88. The molecule has 0 radical (unpaired) electrons. The molecule has 0 atom stereocenters. The summed E-state index contributed by atoms with van der Waals surface area (Å²) >= 11 is 0. The van der Waals surface area contributed by atoms with E-state index in [1.54, 1.807) is 18.2 Å². The first-order valence-electron chi connectivity index (χ1n) is 13.4. The Hall–Kier alpha value is -4.71. The second kappa shape index (κ2) is 10.9. The van der Waals surface area contributed by atoms with Crippen LogP contribution in [0.1, 0.15) is 23.2 Å². The highest BCUT2D eigenvalue weighted by atomic mass is 19.4. The van der Waals surface area contributed by atoms with Crippen molar-refractivity contribution < 1.29 is 27.5 Å². The molecule has 4 aromatic rings. The van der Waals surface area contributed by atoms with E-state index < -0.39 is 11.9 Å². The van der Waals surface area contributed by atoms with Gasteiger partial charge >= 0.3 is 6.36 Å². The minimum absolute atomic E-state index is 0.0292. The number of Topliss-reactive ketones (excluding diaryl/α,β-unsaturated/α-hetero) is 1. The number of ketones is 1. The average molecular weight is 577 g/mol. The molecule has 1 amide bonds. The number of aromatic nitrogens is 2. The molecule has 3 aromatic carbocycles. The Morgan fingerprint density at radius 1 is 1.00 bits per heavy atom. The van der Waals surface area contributed by atoms with E-state index in [0.29, 0.717) is 60.6 Å². The number of carbonyl (C=O) groups is 2. The van der Waals surface area contributed by atoms with Crippen LogP contribution in [0.3, 0.4) is 0 Å². The second-order valence-corrected chi connectivity index (χ2v) is 10.3. The molecule has 6 rings (SSSR count). The van der Waals surface area contributed by atoms with E-state index in [0.717, 1.165) is 5.69 Å². The minimum atomic E-state index is -4.76. The van der Waals surface area contributed by atoms with Crippen LogP contribution in [0.2, 0.25) is 0 Å². The molecule has 216 valence electrons. The van der Waals surface area contributed by atoms with Crippen LogP contribution in [0.15, 0.2) is 79.1 Å². The molecule has 0 bridgehead atoms. The molecule has 2 saturated heterocycles. The van der Waals surface area contributed by atoms with Crippen LogP contribution in [0.4, 0.5) is 30.4 Å². The van der Waals surface area contributed by atoms with Crippen LogP contribution in [0.5, 0.6) is 5.75 Å². The molecular weight excluding hydrogens is 549 g/mol. The number of rotatable bonds is 7. The van der Waals surface area contributed by atoms with E-state index in [1.165, 1.54) is 30.6 Å². The number of piperidine rings is 1. The van der Waals surface area contributed by atoms with Gasteiger partial charge in [0, 0.05) is 35.4 Å². The molecule has 1 spiro atoms. The number of nitrogens with one attached hydrogen (secondary N) is 2. The zero-order valence-electron chi connectivity index (χ0n) is 22.4. The molecule has 1 aromatic heterocycles. The molecule has 9 nitrogen and oxygen atoms in total. The normalized spacial score (nSPS) is 16.9. The predicted molar refractivity (Wildman–Crippen MR) is 151 cm³/mol. The van der Waals surface area contributed by atoms with Gasteiger partial charge in [0.05, 0.1) is 18.7 Å². The van der Waals surface area contributed by atoms with Crippen molar-refractivity contribution in [3.8, 4) is 5.75 Å². The van der Waals surface area contributed by atoms with E-state index in [4.69, 9.17) is 0 Å². The molecule has 0 aliphatic carbocycles. The first kappa shape index (κ1) is 27.5. The molecule has 2 N–H and O–H groups in total. The van der Waals surface area contributed by atoms with E-state index in [9.17, 15) is 22.8 Å². The van der Waals surface area contributed by atoms with Gasteiger partial charge in [0.1, 0.15) is 23.4 Å². The number of amides is 1. The van der Waals surface area contributed by atoms with Crippen molar-refractivity contribution in [2.75, 3.05) is 36.5 Å². The average Bonchev–Trinajstić information content (AvgIpc) is 3.29. The Bertz CT molecular complexity index is 1610. The summed E-state index contributed by atoms with van der Waals surface area (Å²) in [4.78, 5) is 38.9. The lowest BCUT2D eigenvalue weighted by Crippen LogP contribution is -2.56. The molecule has 2 fully saturated rings. The molecule has 0 unspecified atom stereocenters. The molecule has 0 saturated carbocycles. The lowest BCUT2D eigenvalue weighted by Gasteiger charge is -2.43. The van der Waals surface area contributed by atoms with Gasteiger partial charge < -0.3 is 20.3 Å². The third-order valence-corrected chi connectivity index (χ3v) is 7.76. The van der Waals surface area contributed by atoms with E-state index >= 15 is 0 Å². The molecule has 12 heteroatoms. The van der Waals surface area contributed by atoms with Crippen molar-refractivity contribution >= 4 is 39.8 Å². The van der Waals surface area contributed by atoms with Crippen molar-refractivity contribution in [2.24, 2.45) is 0 Å². The first-order chi connectivity index (χ1) is 20.2. The summed E-state index contributed by atoms with van der Waals surface area (Å²) in [6.07, 6.45) is -2.18. The van der Waals surface area contributed by atoms with E-state index in [-0.39, 0.29) is 24.0 Å². The Balaban J connectivity index is 1.11. The molecule has 2 aliphatic rings. The number of hydrogen-bond donors (Lipinski definition) is 2. The van der Waals surface area contributed by atoms with Gasteiger partial charge in [-0.15, -0.1) is 13.2 Å². The summed E-state index contributed by atoms with van der Waals surface area (Å²) < 4.78 is 41.2. The van der Waals surface area contributed by atoms with Gasteiger partial charge in [-0.2, -0.15) is 0 Å². The van der Waals surface area contributed by atoms with Crippen LogP contribution in [0.25, 0.3) is 10.9 Å². The SMILES string of the molecule is O=C(CN1CCC2(CC1)C(=O)NCN2c1ccccc1)c1ccc2c(Nc3ccc(OC(F)(F)F)cc3)ncnc2c1. The number of nitrogens with zero attached hydrogens (tertiary/aromatic N) is 4. The van der Waals surface area contributed by atoms with Crippen molar-refractivity contribution in [1.82, 2.24) is 20.2 Å². The number of carbonyl (C=O) groups excluding carboxylic acids is 2. The van der Waals surface area contributed by atoms with E-state index in [2.05, 4.69) is 35.1 Å². The van der Waals surface area contributed by atoms with Gasteiger partial charge in [-0.3, -0.25) is 14.5 Å². The van der Waals surface area contributed by atoms with Crippen molar-refractivity contribution in [1.29, 1.82) is 0 Å². The lowest BCUT2D eigenvalue weighted by atomic mass is 9.85. The maximum Gasteiger partial charge on any atom is 0.573 e. The van der Waals surface area contributed by atoms with Gasteiger partial charge in [0.2, 0.25) is 5.91 Å². The van der Waals surface area contributed by atoms with Gasteiger partial charge in [-0.25, -0.2) is 9.97 Å². The third kappa shape index (κ3) is 5.57. The van der Waals surface area contributed by atoms with Crippen LogP contribution in [-0.2, 0) is 4.79 Å². The fraction of sp³-hybridized carbons (Fsp3) is 0.267. The number of alkyl halides is 3. The summed E-state index contributed by atoms with van der Waals surface area (Å²) in [5.74, 6) is 0.0915. The monoisotopic (exact) mass is 576 g/mol. The molecule has 3 heterocycles. The van der Waals surface area contributed by atoms with E-state index in [1.807, 2.05) is 30.3 Å². The third-order valence-electron chi connectivity index (χ3n) is 7.76. The number of halogens is 3.